The molecule has 1 aliphatic heterocycles. The number of thioether (sulfide) groups is 1. The Balaban J connectivity index is 1.31. The van der Waals surface area contributed by atoms with Crippen molar-refractivity contribution in [1.82, 2.24) is 14.9 Å². The van der Waals surface area contributed by atoms with Gasteiger partial charge in [0.2, 0.25) is 0 Å². The average Bonchev–Trinajstić information content (AvgIpc) is 3.37. The SMILES string of the molecule is CSc1cccc2sc(N3CCN(C(=O)c4nc5ccccc5s4)CC3)nc12. The third-order valence-electron chi connectivity index (χ3n) is 4.90. The minimum Gasteiger partial charge on any atom is -0.345 e. The summed E-state index contributed by atoms with van der Waals surface area (Å²) in [5.41, 5.74) is 1.98. The van der Waals surface area contributed by atoms with Gasteiger partial charge in [-0.3, -0.25) is 4.79 Å². The van der Waals surface area contributed by atoms with E-state index in [9.17, 15) is 4.79 Å². The molecule has 0 spiro atoms. The van der Waals surface area contributed by atoms with Crippen LogP contribution in [0.5, 0.6) is 0 Å². The van der Waals surface area contributed by atoms with Crippen molar-refractivity contribution in [3.05, 3.63) is 47.5 Å². The molecule has 0 saturated carbocycles. The van der Waals surface area contributed by atoms with Crippen molar-refractivity contribution in [3.63, 3.8) is 0 Å². The van der Waals surface area contributed by atoms with Gasteiger partial charge in [-0.25, -0.2) is 9.97 Å². The predicted octanol–water partition coefficient (Wildman–Crippen LogP) is 4.59. The van der Waals surface area contributed by atoms with Crippen LogP contribution in [0.3, 0.4) is 0 Å². The Morgan fingerprint density at radius 1 is 0.964 bits per heavy atom. The maximum Gasteiger partial charge on any atom is 0.282 e. The zero-order chi connectivity index (χ0) is 19.1. The summed E-state index contributed by atoms with van der Waals surface area (Å²) in [6, 6.07) is 14.2. The highest BCUT2D eigenvalue weighted by Crippen LogP contribution is 2.34. The van der Waals surface area contributed by atoms with Crippen LogP contribution in [0, 0.1) is 0 Å². The summed E-state index contributed by atoms with van der Waals surface area (Å²) < 4.78 is 2.28. The summed E-state index contributed by atoms with van der Waals surface area (Å²) in [5, 5.41) is 1.63. The molecular formula is C20H18N4OS3. The molecule has 1 fully saturated rings. The summed E-state index contributed by atoms with van der Waals surface area (Å²) in [6.07, 6.45) is 2.08. The van der Waals surface area contributed by atoms with Gasteiger partial charge in [0.1, 0.15) is 0 Å². The molecular weight excluding hydrogens is 408 g/mol. The standard InChI is InChI=1S/C20H18N4OS3/c1-26-15-7-4-8-16-17(15)22-20(28-16)24-11-9-23(10-12-24)19(25)18-21-13-5-2-3-6-14(13)27-18/h2-8H,9-12H2,1H3. The monoisotopic (exact) mass is 426 g/mol. The number of hydrogen-bond donors (Lipinski definition) is 0. The van der Waals surface area contributed by atoms with Crippen LogP contribution in [-0.2, 0) is 0 Å². The second-order valence-corrected chi connectivity index (χ2v) is 9.46. The number of carbonyl (C=O) groups is 1. The molecule has 5 rings (SSSR count). The molecule has 0 aliphatic carbocycles. The fraction of sp³-hybridized carbons (Fsp3) is 0.250. The number of nitrogens with zero attached hydrogens (tertiary/aromatic N) is 4. The van der Waals surface area contributed by atoms with Crippen LogP contribution in [0.15, 0.2) is 47.4 Å². The number of benzene rings is 2. The lowest BCUT2D eigenvalue weighted by Gasteiger charge is -2.34. The Kier molecular flexibility index (Phi) is 4.70. The third kappa shape index (κ3) is 3.15. The average molecular weight is 427 g/mol. The molecule has 2 aromatic heterocycles. The van der Waals surface area contributed by atoms with Crippen LogP contribution >= 0.6 is 34.4 Å². The first-order valence-corrected chi connectivity index (χ1v) is 11.9. The largest absolute Gasteiger partial charge is 0.345 e. The van der Waals surface area contributed by atoms with Gasteiger partial charge in [0.25, 0.3) is 5.91 Å². The van der Waals surface area contributed by atoms with Crippen molar-refractivity contribution in [2.45, 2.75) is 4.90 Å². The smallest absolute Gasteiger partial charge is 0.282 e. The van der Waals surface area contributed by atoms with Gasteiger partial charge in [0, 0.05) is 31.1 Å². The quantitative estimate of drug-likeness (QED) is 0.449. The topological polar surface area (TPSA) is 49.3 Å². The van der Waals surface area contributed by atoms with Crippen molar-refractivity contribution in [2.24, 2.45) is 0 Å². The number of piperazine rings is 1. The Morgan fingerprint density at radius 3 is 2.54 bits per heavy atom. The van der Waals surface area contributed by atoms with E-state index in [1.165, 1.54) is 20.9 Å². The summed E-state index contributed by atoms with van der Waals surface area (Å²) in [6.45, 7) is 2.98. The number of rotatable bonds is 3. The van der Waals surface area contributed by atoms with Crippen LogP contribution in [0.25, 0.3) is 20.4 Å². The van der Waals surface area contributed by atoms with E-state index in [4.69, 9.17) is 4.98 Å². The fourth-order valence-electron chi connectivity index (χ4n) is 3.41. The van der Waals surface area contributed by atoms with Gasteiger partial charge in [-0.05, 0) is 30.5 Å². The number of fused-ring (bicyclic) bond motifs is 2. The highest BCUT2D eigenvalue weighted by Gasteiger charge is 2.26. The molecule has 0 N–H and O–H groups in total. The van der Waals surface area contributed by atoms with E-state index >= 15 is 0 Å². The minimum atomic E-state index is 0.0369. The lowest BCUT2D eigenvalue weighted by molar-refractivity contribution is 0.0746. The van der Waals surface area contributed by atoms with E-state index < -0.39 is 0 Å². The lowest BCUT2D eigenvalue weighted by Crippen LogP contribution is -2.48. The molecule has 28 heavy (non-hydrogen) atoms. The number of carbonyl (C=O) groups excluding carboxylic acids is 1. The summed E-state index contributed by atoms with van der Waals surface area (Å²) in [7, 11) is 0. The molecule has 4 aromatic rings. The normalized spacial score (nSPS) is 14.9. The van der Waals surface area contributed by atoms with E-state index in [2.05, 4.69) is 34.3 Å². The van der Waals surface area contributed by atoms with E-state index in [0.29, 0.717) is 18.1 Å². The van der Waals surface area contributed by atoms with Crippen LogP contribution < -0.4 is 4.90 Å². The summed E-state index contributed by atoms with van der Waals surface area (Å²) in [5.74, 6) is 0.0369. The van der Waals surface area contributed by atoms with E-state index in [0.717, 1.165) is 34.0 Å². The molecule has 2 aromatic carbocycles. The fourth-order valence-corrected chi connectivity index (χ4v) is 6.02. The minimum absolute atomic E-state index is 0.0369. The van der Waals surface area contributed by atoms with Crippen molar-refractivity contribution < 1.29 is 4.79 Å². The molecule has 8 heteroatoms. The van der Waals surface area contributed by atoms with Gasteiger partial charge in [0.15, 0.2) is 10.1 Å². The first-order valence-electron chi connectivity index (χ1n) is 9.06. The molecule has 1 saturated heterocycles. The maximum absolute atomic E-state index is 12.9. The van der Waals surface area contributed by atoms with Crippen LogP contribution in [0.1, 0.15) is 9.80 Å². The number of amides is 1. The van der Waals surface area contributed by atoms with Crippen molar-refractivity contribution in [1.29, 1.82) is 0 Å². The molecule has 1 amide bonds. The van der Waals surface area contributed by atoms with Crippen molar-refractivity contribution in [2.75, 3.05) is 37.3 Å². The number of hydrogen-bond acceptors (Lipinski definition) is 7. The second-order valence-electron chi connectivity index (χ2n) is 6.57. The second kappa shape index (κ2) is 7.35. The predicted molar refractivity (Wildman–Crippen MR) is 119 cm³/mol. The molecule has 3 heterocycles. The Hall–Kier alpha value is -2.16. The van der Waals surface area contributed by atoms with E-state index in [-0.39, 0.29) is 5.91 Å². The van der Waals surface area contributed by atoms with Crippen molar-refractivity contribution in [3.8, 4) is 0 Å². The van der Waals surface area contributed by atoms with Gasteiger partial charge in [0.05, 0.1) is 20.4 Å². The van der Waals surface area contributed by atoms with Gasteiger partial charge in [-0.15, -0.1) is 23.1 Å². The number of aromatic nitrogens is 2. The van der Waals surface area contributed by atoms with Crippen molar-refractivity contribution >= 4 is 65.9 Å². The van der Waals surface area contributed by atoms with E-state index in [1.54, 1.807) is 23.1 Å². The molecule has 0 radical (unpaired) electrons. The molecule has 1 aliphatic rings. The Morgan fingerprint density at radius 2 is 1.75 bits per heavy atom. The molecule has 0 unspecified atom stereocenters. The molecule has 0 atom stereocenters. The Bertz CT molecular complexity index is 1130. The van der Waals surface area contributed by atoms with Crippen LogP contribution in [0.4, 0.5) is 5.13 Å². The maximum atomic E-state index is 12.9. The summed E-state index contributed by atoms with van der Waals surface area (Å²) in [4.78, 5) is 27.7. The highest BCUT2D eigenvalue weighted by molar-refractivity contribution is 7.98. The molecule has 0 bridgehead atoms. The van der Waals surface area contributed by atoms with Crippen LogP contribution in [-0.4, -0.2) is 53.2 Å². The van der Waals surface area contributed by atoms with Crippen LogP contribution in [0.2, 0.25) is 0 Å². The first-order chi connectivity index (χ1) is 13.7. The highest BCUT2D eigenvalue weighted by atomic mass is 32.2. The lowest BCUT2D eigenvalue weighted by atomic mass is 10.3. The summed E-state index contributed by atoms with van der Waals surface area (Å²) >= 11 is 4.93. The number of para-hydroxylation sites is 2. The van der Waals surface area contributed by atoms with Gasteiger partial charge in [-0.2, -0.15) is 0 Å². The number of thiazole rings is 2. The van der Waals surface area contributed by atoms with Gasteiger partial charge < -0.3 is 9.80 Å². The van der Waals surface area contributed by atoms with Gasteiger partial charge in [-0.1, -0.05) is 29.5 Å². The first kappa shape index (κ1) is 17.9. The zero-order valence-electron chi connectivity index (χ0n) is 15.3. The third-order valence-corrected chi connectivity index (χ3v) is 7.78. The Labute approximate surface area is 175 Å². The number of anilines is 1. The van der Waals surface area contributed by atoms with Gasteiger partial charge >= 0.3 is 0 Å². The molecule has 142 valence electrons. The zero-order valence-corrected chi connectivity index (χ0v) is 17.7. The molecule has 5 nitrogen and oxygen atoms in total. The van der Waals surface area contributed by atoms with E-state index in [1.807, 2.05) is 29.2 Å².